The number of aliphatic carboxylic acids is 1. The minimum absolute atomic E-state index is 0.108. The molecular weight excluding hydrogens is 365 g/mol. The van der Waals surface area contributed by atoms with E-state index in [1.165, 1.54) is 12.3 Å². The van der Waals surface area contributed by atoms with Gasteiger partial charge in [-0.1, -0.05) is 23.2 Å². The van der Waals surface area contributed by atoms with E-state index >= 15 is 0 Å². The first-order valence-corrected chi connectivity index (χ1v) is 9.14. The van der Waals surface area contributed by atoms with Crippen LogP contribution in [0.3, 0.4) is 0 Å². The minimum Gasteiger partial charge on any atom is -0.622 e. The number of halogens is 2. The fourth-order valence-corrected chi connectivity index (χ4v) is 4.60. The third kappa shape index (κ3) is 2.51. The maximum atomic E-state index is 13.5. The number of hydroxylamine groups is 2. The molecule has 0 amide bonds. The lowest BCUT2D eigenvalue weighted by atomic mass is 9.83. The smallest absolute Gasteiger partial charge is 0.333 e. The van der Waals surface area contributed by atoms with Gasteiger partial charge in [0.15, 0.2) is 11.2 Å². The van der Waals surface area contributed by atoms with Gasteiger partial charge in [0.2, 0.25) is 0 Å². The molecule has 1 saturated carbocycles. The molecule has 0 bridgehead atoms. The van der Waals surface area contributed by atoms with Gasteiger partial charge in [0, 0.05) is 50.1 Å². The van der Waals surface area contributed by atoms with Gasteiger partial charge >= 0.3 is 5.97 Å². The first kappa shape index (κ1) is 17.3. The molecule has 1 aliphatic carbocycles. The van der Waals surface area contributed by atoms with E-state index in [-0.39, 0.29) is 11.1 Å². The zero-order valence-corrected chi connectivity index (χ0v) is 15.1. The monoisotopic (exact) mass is 383 g/mol. The highest BCUT2D eigenvalue weighted by molar-refractivity contribution is 6.36. The standard InChI is InChI=1S/C17H19Cl2N3O3/c18-11-9-13-15(14(19)10-11)22(25,12-1-2-12)8-3-17(13,16(23)24)21-6-4-20-5-7-21/h3,8-10,12,20H,1-2,4-7H2,(H,23,24). The van der Waals surface area contributed by atoms with Crippen molar-refractivity contribution in [2.75, 3.05) is 26.2 Å². The van der Waals surface area contributed by atoms with E-state index in [4.69, 9.17) is 23.2 Å². The van der Waals surface area contributed by atoms with Crippen LogP contribution in [0.25, 0.3) is 0 Å². The Morgan fingerprint density at radius 1 is 1.32 bits per heavy atom. The summed E-state index contributed by atoms with van der Waals surface area (Å²) in [5, 5.41) is 27.5. The molecule has 4 rings (SSSR count). The maximum Gasteiger partial charge on any atom is 0.333 e. The van der Waals surface area contributed by atoms with Gasteiger partial charge in [-0.3, -0.25) is 9.55 Å². The van der Waals surface area contributed by atoms with E-state index in [0.29, 0.717) is 42.5 Å². The summed E-state index contributed by atoms with van der Waals surface area (Å²) in [6.07, 6.45) is 4.62. The molecule has 1 aromatic carbocycles. The summed E-state index contributed by atoms with van der Waals surface area (Å²) in [6.45, 7) is 2.49. The normalized spacial score (nSPS) is 32.4. The Bertz CT molecular complexity index is 762. The predicted octanol–water partition coefficient (Wildman–Crippen LogP) is 2.67. The zero-order valence-electron chi connectivity index (χ0n) is 13.5. The van der Waals surface area contributed by atoms with Crippen molar-refractivity contribution >= 4 is 34.9 Å². The van der Waals surface area contributed by atoms with Crippen molar-refractivity contribution in [3.8, 4) is 0 Å². The van der Waals surface area contributed by atoms with Crippen LogP contribution in [0.2, 0.25) is 10.0 Å². The van der Waals surface area contributed by atoms with Crippen molar-refractivity contribution in [3.05, 3.63) is 45.2 Å². The summed E-state index contributed by atoms with van der Waals surface area (Å²) in [7, 11) is 0. The van der Waals surface area contributed by atoms with Gasteiger partial charge in [-0.15, -0.1) is 0 Å². The highest BCUT2D eigenvalue weighted by Gasteiger charge is 2.54. The number of quaternary nitrogens is 1. The SMILES string of the molecule is O=C(O)C1(N2CCNCC2)C=C[N+]([O-])(C2CC2)c2c(Cl)cc(Cl)cc21. The lowest BCUT2D eigenvalue weighted by Crippen LogP contribution is -2.60. The fraction of sp³-hybridized carbons (Fsp3) is 0.471. The quantitative estimate of drug-likeness (QED) is 0.619. The summed E-state index contributed by atoms with van der Waals surface area (Å²) in [5.41, 5.74) is -0.715. The fourth-order valence-electron chi connectivity index (χ4n) is 3.97. The predicted molar refractivity (Wildman–Crippen MR) is 97.5 cm³/mol. The largest absolute Gasteiger partial charge is 0.622 e. The van der Waals surface area contributed by atoms with Crippen molar-refractivity contribution in [1.29, 1.82) is 0 Å². The van der Waals surface area contributed by atoms with Gasteiger partial charge in [0.25, 0.3) is 0 Å². The Labute approximate surface area is 155 Å². The topological polar surface area (TPSA) is 75.6 Å². The van der Waals surface area contributed by atoms with Crippen LogP contribution in [-0.2, 0) is 10.3 Å². The van der Waals surface area contributed by atoms with Gasteiger partial charge in [-0.05, 0) is 12.1 Å². The molecule has 8 heteroatoms. The summed E-state index contributed by atoms with van der Waals surface area (Å²) >= 11 is 12.6. The summed E-state index contributed by atoms with van der Waals surface area (Å²) in [6, 6.07) is 3.01. The van der Waals surface area contributed by atoms with Crippen molar-refractivity contribution in [2.45, 2.75) is 24.4 Å². The summed E-state index contributed by atoms with van der Waals surface area (Å²) in [5.74, 6) is -1.02. The number of carboxylic acids is 1. The number of hydrogen-bond acceptors (Lipinski definition) is 4. The molecule has 1 saturated heterocycles. The molecule has 2 fully saturated rings. The number of hydrogen-bond donors (Lipinski definition) is 2. The van der Waals surface area contributed by atoms with E-state index in [1.54, 1.807) is 12.1 Å². The molecule has 0 aromatic heterocycles. The molecule has 2 heterocycles. The van der Waals surface area contributed by atoms with E-state index in [2.05, 4.69) is 5.32 Å². The van der Waals surface area contributed by atoms with Gasteiger partial charge in [0.05, 0.1) is 17.8 Å². The average molecular weight is 384 g/mol. The average Bonchev–Trinajstić information content (AvgIpc) is 3.40. The highest BCUT2D eigenvalue weighted by Crippen LogP contribution is 2.52. The lowest BCUT2D eigenvalue weighted by Gasteiger charge is -2.49. The number of carboxylic acid groups (broad SMARTS) is 1. The molecule has 0 radical (unpaired) electrons. The van der Waals surface area contributed by atoms with Crippen LogP contribution in [-0.4, -0.2) is 48.2 Å². The van der Waals surface area contributed by atoms with E-state index in [9.17, 15) is 15.1 Å². The van der Waals surface area contributed by atoms with Gasteiger partial charge in [-0.25, -0.2) is 4.79 Å². The summed E-state index contributed by atoms with van der Waals surface area (Å²) < 4.78 is -0.702. The molecule has 2 unspecified atom stereocenters. The Kier molecular flexibility index (Phi) is 4.11. The second-order valence-electron chi connectivity index (χ2n) is 6.85. The van der Waals surface area contributed by atoms with Crippen LogP contribution in [0.5, 0.6) is 0 Å². The number of benzene rings is 1. The van der Waals surface area contributed by atoms with Crippen molar-refractivity contribution in [3.63, 3.8) is 0 Å². The maximum absolute atomic E-state index is 13.5. The van der Waals surface area contributed by atoms with E-state index in [1.807, 2.05) is 4.90 Å². The molecule has 6 nitrogen and oxygen atoms in total. The van der Waals surface area contributed by atoms with Crippen molar-refractivity contribution in [1.82, 2.24) is 14.9 Å². The Morgan fingerprint density at radius 2 is 2.00 bits per heavy atom. The number of carbonyl (C=O) groups is 1. The van der Waals surface area contributed by atoms with Gasteiger partial charge < -0.3 is 15.6 Å². The molecule has 25 heavy (non-hydrogen) atoms. The Balaban J connectivity index is 1.97. The Morgan fingerprint density at radius 3 is 2.60 bits per heavy atom. The third-order valence-corrected chi connectivity index (χ3v) is 5.86. The van der Waals surface area contributed by atoms with Gasteiger partial charge in [-0.2, -0.15) is 0 Å². The van der Waals surface area contributed by atoms with Crippen molar-refractivity contribution in [2.24, 2.45) is 0 Å². The second kappa shape index (κ2) is 5.94. The first-order chi connectivity index (χ1) is 11.9. The van der Waals surface area contributed by atoms with Crippen LogP contribution in [0.15, 0.2) is 24.4 Å². The molecule has 134 valence electrons. The number of piperazine rings is 1. The highest BCUT2D eigenvalue weighted by atomic mass is 35.5. The van der Waals surface area contributed by atoms with Crippen molar-refractivity contribution < 1.29 is 9.90 Å². The molecule has 2 aliphatic heterocycles. The Hall–Kier alpha value is -1.15. The number of nitrogens with zero attached hydrogens (tertiary/aromatic N) is 2. The molecular formula is C17H19Cl2N3O3. The van der Waals surface area contributed by atoms with Crippen LogP contribution in [0.1, 0.15) is 18.4 Å². The van der Waals surface area contributed by atoms with Crippen LogP contribution < -0.4 is 9.96 Å². The van der Waals surface area contributed by atoms with Crippen LogP contribution in [0, 0.1) is 5.21 Å². The molecule has 1 aromatic rings. The molecule has 3 aliphatic rings. The summed E-state index contributed by atoms with van der Waals surface area (Å²) in [4.78, 5) is 14.3. The third-order valence-electron chi connectivity index (χ3n) is 5.36. The number of nitrogens with one attached hydrogen (secondary N) is 1. The zero-order chi connectivity index (χ0) is 17.8. The van der Waals surface area contributed by atoms with Crippen LogP contribution >= 0.6 is 23.2 Å². The lowest BCUT2D eigenvalue weighted by molar-refractivity contribution is -0.149. The number of fused-ring (bicyclic) bond motifs is 1. The first-order valence-electron chi connectivity index (χ1n) is 8.38. The number of rotatable bonds is 3. The second-order valence-corrected chi connectivity index (χ2v) is 7.69. The van der Waals surface area contributed by atoms with E-state index in [0.717, 1.165) is 12.8 Å². The minimum atomic E-state index is -1.42. The van der Waals surface area contributed by atoms with Gasteiger partial charge in [0.1, 0.15) is 5.02 Å². The molecule has 2 atom stereocenters. The van der Waals surface area contributed by atoms with E-state index < -0.39 is 16.2 Å². The molecule has 0 spiro atoms. The van der Waals surface area contributed by atoms with Crippen LogP contribution in [0.4, 0.5) is 5.69 Å². The molecule has 2 N–H and O–H groups in total.